The zero-order valence-electron chi connectivity index (χ0n) is 13.9. The first-order valence-corrected chi connectivity index (χ1v) is 8.14. The average molecular weight is 346 g/mol. The number of rotatable bonds is 8. The van der Waals surface area contributed by atoms with Crippen molar-refractivity contribution in [3.8, 4) is 0 Å². The van der Waals surface area contributed by atoms with E-state index in [-0.39, 0.29) is 17.9 Å². The summed E-state index contributed by atoms with van der Waals surface area (Å²) >= 11 is 0. The lowest BCUT2D eigenvalue weighted by Gasteiger charge is -2.26. The van der Waals surface area contributed by atoms with Gasteiger partial charge in [0.2, 0.25) is 0 Å². The highest BCUT2D eigenvalue weighted by Gasteiger charge is 2.11. The number of carboxylic acid groups (broad SMARTS) is 1. The van der Waals surface area contributed by atoms with Crippen molar-refractivity contribution in [3.05, 3.63) is 47.0 Å². The van der Waals surface area contributed by atoms with Crippen molar-refractivity contribution in [2.75, 3.05) is 39.4 Å². The van der Waals surface area contributed by atoms with Gasteiger partial charge in [0.25, 0.3) is 5.91 Å². The summed E-state index contributed by atoms with van der Waals surface area (Å²) in [6, 6.07) is 6.78. The number of amides is 1. The molecule has 1 saturated heterocycles. The van der Waals surface area contributed by atoms with Crippen molar-refractivity contribution >= 4 is 18.2 Å². The number of hydrogen-bond acceptors (Lipinski definition) is 5. The molecule has 0 radical (unpaired) electrons. The van der Waals surface area contributed by atoms with Gasteiger partial charge >= 0.3 is 5.97 Å². The molecule has 7 nitrogen and oxygen atoms in total. The van der Waals surface area contributed by atoms with E-state index >= 15 is 0 Å². The third-order valence-electron chi connectivity index (χ3n) is 3.90. The van der Waals surface area contributed by atoms with Gasteiger partial charge in [-0.2, -0.15) is 0 Å². The normalized spacial score (nSPS) is 15.6. The maximum atomic E-state index is 12.1. The van der Waals surface area contributed by atoms with Crippen LogP contribution in [0.2, 0.25) is 0 Å². The van der Waals surface area contributed by atoms with Crippen LogP contribution < -0.4 is 5.32 Å². The Morgan fingerprint density at radius 3 is 2.48 bits per heavy atom. The number of morpholine rings is 1. The van der Waals surface area contributed by atoms with Gasteiger partial charge in [-0.15, -0.1) is 0 Å². The lowest BCUT2D eigenvalue weighted by atomic mass is 10.0. The monoisotopic (exact) mass is 346 g/mol. The van der Waals surface area contributed by atoms with Crippen LogP contribution in [-0.4, -0.2) is 67.6 Å². The Labute approximate surface area is 146 Å². The van der Waals surface area contributed by atoms with E-state index < -0.39 is 5.97 Å². The van der Waals surface area contributed by atoms with Crippen LogP contribution >= 0.6 is 0 Å². The highest BCUT2D eigenvalue weighted by atomic mass is 16.5. The Morgan fingerprint density at radius 1 is 1.20 bits per heavy atom. The van der Waals surface area contributed by atoms with Crippen LogP contribution in [0.4, 0.5) is 0 Å². The zero-order chi connectivity index (χ0) is 18.1. The number of aldehydes is 1. The second kappa shape index (κ2) is 9.71. The fraction of sp³-hybridized carbons (Fsp3) is 0.389. The summed E-state index contributed by atoms with van der Waals surface area (Å²) < 4.78 is 5.28. The van der Waals surface area contributed by atoms with E-state index in [1.54, 1.807) is 24.3 Å². The predicted octanol–water partition coefficient (Wildman–Crippen LogP) is 0.501. The summed E-state index contributed by atoms with van der Waals surface area (Å²) in [6.07, 6.45) is 1.63. The van der Waals surface area contributed by atoms with E-state index in [1.807, 2.05) is 0 Å². The first-order chi connectivity index (χ1) is 12.1. The summed E-state index contributed by atoms with van der Waals surface area (Å²) in [4.78, 5) is 35.8. The van der Waals surface area contributed by atoms with E-state index in [1.165, 1.54) is 0 Å². The second-order valence-corrected chi connectivity index (χ2v) is 5.76. The number of carbonyl (C=O) groups excluding carboxylic acids is 2. The van der Waals surface area contributed by atoms with Crippen LogP contribution in [0.25, 0.3) is 0 Å². The Kier molecular flexibility index (Phi) is 7.31. The zero-order valence-corrected chi connectivity index (χ0v) is 13.9. The van der Waals surface area contributed by atoms with E-state index in [2.05, 4.69) is 10.2 Å². The number of carboxylic acids is 1. The average Bonchev–Trinajstić information content (AvgIpc) is 2.62. The molecule has 1 fully saturated rings. The molecule has 0 aromatic heterocycles. The van der Waals surface area contributed by atoms with Crippen molar-refractivity contribution in [2.24, 2.45) is 0 Å². The first-order valence-electron chi connectivity index (χ1n) is 8.14. The van der Waals surface area contributed by atoms with Gasteiger partial charge in [0.1, 0.15) is 6.29 Å². The number of nitrogens with zero attached hydrogens (tertiary/aromatic N) is 1. The number of hydrogen-bond donors (Lipinski definition) is 2. The third kappa shape index (κ3) is 6.48. The van der Waals surface area contributed by atoms with Gasteiger partial charge in [-0.05, 0) is 17.7 Å². The van der Waals surface area contributed by atoms with Crippen LogP contribution in [0.1, 0.15) is 15.9 Å². The van der Waals surface area contributed by atoms with E-state index in [0.29, 0.717) is 18.4 Å². The molecule has 1 aromatic rings. The summed E-state index contributed by atoms with van der Waals surface area (Å²) in [5.74, 6) is -1.31. The van der Waals surface area contributed by atoms with Gasteiger partial charge in [-0.3, -0.25) is 14.5 Å². The Morgan fingerprint density at radius 2 is 1.88 bits per heavy atom. The molecular formula is C18H22N2O5. The molecule has 1 aromatic carbocycles. The summed E-state index contributed by atoms with van der Waals surface area (Å²) in [7, 11) is 0. The Balaban J connectivity index is 1.82. The molecule has 134 valence electrons. The first kappa shape index (κ1) is 18.8. The molecule has 1 aliphatic heterocycles. The quantitative estimate of drug-likeness (QED) is 0.526. The predicted molar refractivity (Wildman–Crippen MR) is 91.5 cm³/mol. The number of aliphatic carboxylic acids is 1. The molecule has 0 spiro atoms. The van der Waals surface area contributed by atoms with Gasteiger partial charge in [-0.25, -0.2) is 4.79 Å². The number of nitrogens with one attached hydrogen (secondary N) is 1. The lowest BCUT2D eigenvalue weighted by molar-refractivity contribution is -0.131. The molecule has 0 aliphatic carbocycles. The van der Waals surface area contributed by atoms with Crippen LogP contribution in [0.5, 0.6) is 0 Å². The molecule has 1 heterocycles. The van der Waals surface area contributed by atoms with Crippen molar-refractivity contribution in [3.63, 3.8) is 0 Å². The third-order valence-corrected chi connectivity index (χ3v) is 3.90. The highest BCUT2D eigenvalue weighted by Crippen LogP contribution is 2.09. The van der Waals surface area contributed by atoms with Gasteiger partial charge < -0.3 is 15.2 Å². The minimum Gasteiger partial charge on any atom is -0.478 e. The van der Waals surface area contributed by atoms with E-state index in [4.69, 9.17) is 9.84 Å². The second-order valence-electron chi connectivity index (χ2n) is 5.76. The van der Waals surface area contributed by atoms with E-state index in [0.717, 1.165) is 44.5 Å². The van der Waals surface area contributed by atoms with Crippen molar-refractivity contribution in [2.45, 2.75) is 6.42 Å². The molecular weight excluding hydrogens is 324 g/mol. The van der Waals surface area contributed by atoms with Crippen LogP contribution in [0, 0.1) is 0 Å². The standard InChI is InChI=1S/C18H22N2O5/c21-13-15(12-17(22)23)11-14-1-3-16(4-2-14)18(24)19-5-6-20-7-9-25-10-8-20/h1-4,12-13H,5-11H2,(H,19,24)(H,22,23). The fourth-order valence-corrected chi connectivity index (χ4v) is 2.55. The minimum atomic E-state index is -1.15. The molecule has 1 aliphatic rings. The molecule has 1 amide bonds. The lowest BCUT2D eigenvalue weighted by Crippen LogP contribution is -2.41. The largest absolute Gasteiger partial charge is 0.478 e. The fourth-order valence-electron chi connectivity index (χ4n) is 2.55. The molecule has 0 bridgehead atoms. The minimum absolute atomic E-state index is 0.156. The maximum Gasteiger partial charge on any atom is 0.328 e. The summed E-state index contributed by atoms with van der Waals surface area (Å²) in [5, 5.41) is 11.6. The molecule has 0 unspecified atom stereocenters. The molecule has 7 heteroatoms. The van der Waals surface area contributed by atoms with Crippen molar-refractivity contribution in [1.29, 1.82) is 0 Å². The smallest absolute Gasteiger partial charge is 0.328 e. The molecule has 2 N–H and O–H groups in total. The summed E-state index contributed by atoms with van der Waals surface area (Å²) in [5.41, 5.74) is 1.47. The Bertz CT molecular complexity index is 633. The van der Waals surface area contributed by atoms with Crippen molar-refractivity contribution in [1.82, 2.24) is 10.2 Å². The van der Waals surface area contributed by atoms with Crippen LogP contribution in [-0.2, 0) is 20.7 Å². The van der Waals surface area contributed by atoms with Gasteiger partial charge in [-0.1, -0.05) is 12.1 Å². The van der Waals surface area contributed by atoms with Gasteiger partial charge in [0.15, 0.2) is 0 Å². The SMILES string of the molecule is O=CC(=CC(=O)O)Cc1ccc(C(=O)NCCN2CCOCC2)cc1. The molecule has 2 rings (SSSR count). The number of carbonyl (C=O) groups is 3. The molecule has 0 saturated carbocycles. The van der Waals surface area contributed by atoms with Gasteiger partial charge in [0.05, 0.1) is 13.2 Å². The summed E-state index contributed by atoms with van der Waals surface area (Å²) in [6.45, 7) is 4.58. The maximum absolute atomic E-state index is 12.1. The molecule has 25 heavy (non-hydrogen) atoms. The van der Waals surface area contributed by atoms with Crippen LogP contribution in [0.3, 0.4) is 0 Å². The molecule has 0 atom stereocenters. The van der Waals surface area contributed by atoms with E-state index in [9.17, 15) is 14.4 Å². The number of ether oxygens (including phenoxy) is 1. The van der Waals surface area contributed by atoms with Crippen LogP contribution in [0.15, 0.2) is 35.9 Å². The topological polar surface area (TPSA) is 95.9 Å². The highest BCUT2D eigenvalue weighted by molar-refractivity contribution is 5.94. The Hall–Kier alpha value is -2.51. The van der Waals surface area contributed by atoms with Crippen molar-refractivity contribution < 1.29 is 24.2 Å². The van der Waals surface area contributed by atoms with Gasteiger partial charge in [0, 0.05) is 49.8 Å². The number of allylic oxidation sites excluding steroid dienone is 1. The number of benzene rings is 1.